The maximum atomic E-state index is 12.1. The van der Waals surface area contributed by atoms with E-state index in [2.05, 4.69) is 4.74 Å². The third-order valence-corrected chi connectivity index (χ3v) is 4.34. The van der Waals surface area contributed by atoms with Crippen molar-refractivity contribution in [1.29, 1.82) is 0 Å². The van der Waals surface area contributed by atoms with Gasteiger partial charge in [0.1, 0.15) is 0 Å². The fraction of sp³-hybridized carbons (Fsp3) is 0.438. The summed E-state index contributed by atoms with van der Waals surface area (Å²) in [5.41, 5.74) is 1.04. The molecule has 1 aromatic carbocycles. The lowest BCUT2D eigenvalue weighted by molar-refractivity contribution is -0.138. The molecule has 0 bridgehead atoms. The van der Waals surface area contributed by atoms with Crippen molar-refractivity contribution in [1.82, 2.24) is 9.80 Å². The third-order valence-electron chi connectivity index (χ3n) is 4.11. The number of likely N-dealkylation sites (tertiary alicyclic amines) is 1. The minimum absolute atomic E-state index is 0.0801. The first kappa shape index (κ1) is 15.8. The summed E-state index contributed by atoms with van der Waals surface area (Å²) in [6, 6.07) is 7.48. The Labute approximate surface area is 138 Å². The molecule has 6 nitrogen and oxygen atoms in total. The van der Waals surface area contributed by atoms with Crippen LogP contribution in [0.15, 0.2) is 24.3 Å². The molecule has 1 aromatic rings. The van der Waals surface area contributed by atoms with Gasteiger partial charge < -0.3 is 9.64 Å². The average Bonchev–Trinajstić information content (AvgIpc) is 2.79. The Balaban J connectivity index is 1.41. The quantitative estimate of drug-likeness (QED) is 0.821. The summed E-state index contributed by atoms with van der Waals surface area (Å²) in [6.07, 6.45) is 0.496. The topological polar surface area (TPSA) is 66.9 Å². The summed E-state index contributed by atoms with van der Waals surface area (Å²) in [5, 5.41) is 0.668. The second-order valence-electron chi connectivity index (χ2n) is 5.85. The van der Waals surface area contributed by atoms with Gasteiger partial charge in [-0.1, -0.05) is 23.7 Å². The van der Waals surface area contributed by atoms with E-state index in [1.807, 2.05) is 18.2 Å². The Bertz CT molecular complexity index is 627. The van der Waals surface area contributed by atoms with Gasteiger partial charge in [0, 0.05) is 37.0 Å². The van der Waals surface area contributed by atoms with Crippen LogP contribution in [0, 0.1) is 5.92 Å². The zero-order valence-corrected chi connectivity index (χ0v) is 13.3. The normalized spacial score (nSPS) is 18.1. The molecule has 2 fully saturated rings. The molecule has 2 heterocycles. The first-order valence-corrected chi connectivity index (χ1v) is 7.90. The number of rotatable bonds is 5. The van der Waals surface area contributed by atoms with Crippen molar-refractivity contribution < 1.29 is 19.1 Å². The fourth-order valence-corrected chi connectivity index (χ4v) is 3.02. The summed E-state index contributed by atoms with van der Waals surface area (Å²) < 4.78 is 4.66. The summed E-state index contributed by atoms with van der Waals surface area (Å²) in [4.78, 5) is 37.8. The number of cyclic esters (lactones) is 1. The van der Waals surface area contributed by atoms with E-state index in [0.29, 0.717) is 37.5 Å². The van der Waals surface area contributed by atoms with Gasteiger partial charge in [-0.2, -0.15) is 0 Å². The van der Waals surface area contributed by atoms with Gasteiger partial charge in [0.25, 0.3) is 5.91 Å². The van der Waals surface area contributed by atoms with Crippen LogP contribution in [-0.4, -0.2) is 53.9 Å². The highest BCUT2D eigenvalue weighted by Crippen LogP contribution is 2.21. The summed E-state index contributed by atoms with van der Waals surface area (Å²) in [5.74, 6) is -0.0861. The van der Waals surface area contributed by atoms with Crippen LogP contribution in [0.3, 0.4) is 0 Å². The van der Waals surface area contributed by atoms with Crippen molar-refractivity contribution in [2.75, 3.05) is 26.2 Å². The molecule has 2 saturated heterocycles. The lowest BCUT2D eigenvalue weighted by Gasteiger charge is -2.40. The van der Waals surface area contributed by atoms with Gasteiger partial charge in [-0.05, 0) is 24.1 Å². The molecule has 2 aliphatic rings. The molecule has 122 valence electrons. The first-order chi connectivity index (χ1) is 11.0. The van der Waals surface area contributed by atoms with Crippen molar-refractivity contribution in [2.24, 2.45) is 5.92 Å². The minimum atomic E-state index is -0.583. The van der Waals surface area contributed by atoms with Gasteiger partial charge in [0.15, 0.2) is 6.61 Å². The van der Waals surface area contributed by atoms with Gasteiger partial charge in [-0.15, -0.1) is 0 Å². The average molecular weight is 337 g/mol. The fourth-order valence-electron chi connectivity index (χ4n) is 2.81. The van der Waals surface area contributed by atoms with Crippen LogP contribution in [0.4, 0.5) is 4.79 Å². The Kier molecular flexibility index (Phi) is 4.52. The van der Waals surface area contributed by atoms with E-state index in [1.54, 1.807) is 11.0 Å². The van der Waals surface area contributed by atoms with Gasteiger partial charge in [0.2, 0.25) is 5.91 Å². The number of carbonyl (C=O) groups excluding carboxylic acids is 3. The van der Waals surface area contributed by atoms with Crippen molar-refractivity contribution in [2.45, 2.75) is 12.8 Å². The number of imide groups is 1. The number of nitrogens with zero attached hydrogens (tertiary/aromatic N) is 2. The largest absolute Gasteiger partial charge is 0.439 e. The number of amides is 3. The van der Waals surface area contributed by atoms with E-state index in [9.17, 15) is 14.4 Å². The molecule has 0 N–H and O–H groups in total. The predicted molar refractivity (Wildman–Crippen MR) is 82.9 cm³/mol. The Morgan fingerprint density at radius 2 is 2.09 bits per heavy atom. The van der Waals surface area contributed by atoms with Gasteiger partial charge in [0.05, 0.1) is 0 Å². The molecule has 3 amide bonds. The molecule has 23 heavy (non-hydrogen) atoms. The molecule has 0 aromatic heterocycles. The van der Waals surface area contributed by atoms with E-state index in [1.165, 1.54) is 0 Å². The minimum Gasteiger partial charge on any atom is -0.439 e. The second-order valence-corrected chi connectivity index (χ2v) is 6.29. The molecule has 0 atom stereocenters. The van der Waals surface area contributed by atoms with Crippen LogP contribution in [-0.2, 0) is 20.7 Å². The Morgan fingerprint density at radius 3 is 2.74 bits per heavy atom. The zero-order valence-electron chi connectivity index (χ0n) is 12.5. The lowest BCUT2D eigenvalue weighted by atomic mass is 9.98. The third kappa shape index (κ3) is 3.64. The molecular formula is C16H17ClN2O4. The van der Waals surface area contributed by atoms with Crippen LogP contribution >= 0.6 is 11.6 Å². The molecule has 0 radical (unpaired) electrons. The molecule has 0 aliphatic carbocycles. The SMILES string of the molecule is O=C(CCc1cccc(Cl)c1)N1CC(CN2C(=O)COC2=O)C1. The van der Waals surface area contributed by atoms with E-state index < -0.39 is 6.09 Å². The highest BCUT2D eigenvalue weighted by molar-refractivity contribution is 6.30. The van der Waals surface area contributed by atoms with E-state index >= 15 is 0 Å². The zero-order chi connectivity index (χ0) is 16.4. The highest BCUT2D eigenvalue weighted by Gasteiger charge is 2.38. The van der Waals surface area contributed by atoms with Crippen LogP contribution in [0.5, 0.6) is 0 Å². The lowest BCUT2D eigenvalue weighted by Crippen LogP contribution is -2.54. The number of ether oxygens (including phenoxy) is 1. The van der Waals surface area contributed by atoms with Crippen LogP contribution in [0.1, 0.15) is 12.0 Å². The maximum absolute atomic E-state index is 12.1. The van der Waals surface area contributed by atoms with E-state index in [4.69, 9.17) is 11.6 Å². The Hall–Kier alpha value is -2.08. The summed E-state index contributed by atoms with van der Waals surface area (Å²) in [7, 11) is 0. The molecule has 3 rings (SSSR count). The van der Waals surface area contributed by atoms with Crippen molar-refractivity contribution in [3.05, 3.63) is 34.9 Å². The van der Waals surface area contributed by atoms with Crippen molar-refractivity contribution in [3.8, 4) is 0 Å². The van der Waals surface area contributed by atoms with Crippen LogP contribution in [0.25, 0.3) is 0 Å². The summed E-state index contributed by atoms with van der Waals surface area (Å²) in [6.45, 7) is 1.31. The molecule has 0 saturated carbocycles. The van der Waals surface area contributed by atoms with Gasteiger partial charge >= 0.3 is 6.09 Å². The second kappa shape index (κ2) is 6.58. The molecule has 7 heteroatoms. The number of carbonyl (C=O) groups is 3. The molecule has 0 spiro atoms. The van der Waals surface area contributed by atoms with Crippen LogP contribution in [0.2, 0.25) is 5.02 Å². The van der Waals surface area contributed by atoms with Gasteiger partial charge in [-0.25, -0.2) is 9.69 Å². The van der Waals surface area contributed by atoms with E-state index in [0.717, 1.165) is 10.5 Å². The number of hydrogen-bond donors (Lipinski definition) is 0. The highest BCUT2D eigenvalue weighted by atomic mass is 35.5. The van der Waals surface area contributed by atoms with Crippen molar-refractivity contribution in [3.63, 3.8) is 0 Å². The van der Waals surface area contributed by atoms with Crippen LogP contribution < -0.4 is 0 Å². The first-order valence-electron chi connectivity index (χ1n) is 7.52. The number of halogens is 1. The molecular weight excluding hydrogens is 320 g/mol. The van der Waals surface area contributed by atoms with E-state index in [-0.39, 0.29) is 24.3 Å². The van der Waals surface area contributed by atoms with Crippen molar-refractivity contribution >= 4 is 29.5 Å². The Morgan fingerprint density at radius 1 is 1.30 bits per heavy atom. The number of aryl methyl sites for hydroxylation is 1. The molecule has 2 aliphatic heterocycles. The number of hydrogen-bond acceptors (Lipinski definition) is 4. The standard InChI is InChI=1S/C16H17ClN2O4/c17-13-3-1-2-11(6-13)4-5-14(20)18-7-12(8-18)9-19-15(21)10-23-16(19)22/h1-3,6,12H,4-5,7-10H2. The predicted octanol–water partition coefficient (Wildman–Crippen LogP) is 1.71. The summed E-state index contributed by atoms with van der Waals surface area (Å²) >= 11 is 5.92. The maximum Gasteiger partial charge on any atom is 0.417 e. The smallest absolute Gasteiger partial charge is 0.417 e. The number of benzene rings is 1. The monoisotopic (exact) mass is 336 g/mol. The van der Waals surface area contributed by atoms with Gasteiger partial charge in [-0.3, -0.25) is 9.59 Å². The molecule has 0 unspecified atom stereocenters.